The molecule has 0 saturated heterocycles. The van der Waals surface area contributed by atoms with E-state index in [2.05, 4.69) is 0 Å². The van der Waals surface area contributed by atoms with Gasteiger partial charge in [0.25, 0.3) is 5.76 Å². The van der Waals surface area contributed by atoms with E-state index >= 15 is 0 Å². The predicted octanol–water partition coefficient (Wildman–Crippen LogP) is 1.68. The van der Waals surface area contributed by atoms with Gasteiger partial charge in [0.1, 0.15) is 0 Å². The van der Waals surface area contributed by atoms with Crippen LogP contribution in [0.5, 0.6) is 0 Å². The van der Waals surface area contributed by atoms with Crippen LogP contribution in [0.15, 0.2) is 0 Å². The molecule has 1 nitrogen and oxygen atoms in total. The zero-order valence-corrected chi connectivity index (χ0v) is 6.34. The quantitative estimate of drug-likeness (QED) is 0.671. The van der Waals surface area contributed by atoms with Gasteiger partial charge < -0.3 is 5.73 Å². The summed E-state index contributed by atoms with van der Waals surface area (Å²) in [7, 11) is 0. The van der Waals surface area contributed by atoms with Crippen molar-refractivity contribution >= 4 is 11.8 Å². The Kier molecular flexibility index (Phi) is 3.43. The zero-order chi connectivity index (χ0) is 7.49. The summed E-state index contributed by atoms with van der Waals surface area (Å²) in [5, 5.41) is 0. The fourth-order valence-electron chi connectivity index (χ4n) is 0.278. The maximum absolute atomic E-state index is 11.5. The van der Waals surface area contributed by atoms with Crippen LogP contribution in [-0.4, -0.2) is 17.0 Å². The number of thioether (sulfide) groups is 1. The van der Waals surface area contributed by atoms with E-state index in [-0.39, 0.29) is 0 Å². The molecular formula is C5H11F2NS. The molecule has 0 aliphatic heterocycles. The van der Waals surface area contributed by atoms with E-state index < -0.39 is 11.3 Å². The molecule has 0 amide bonds. The molecule has 0 bridgehead atoms. The Morgan fingerprint density at radius 1 is 1.56 bits per heavy atom. The molecule has 0 aliphatic carbocycles. The summed E-state index contributed by atoms with van der Waals surface area (Å²) in [6, 6.07) is 0. The van der Waals surface area contributed by atoms with Gasteiger partial charge in [-0.3, -0.25) is 0 Å². The van der Waals surface area contributed by atoms with Gasteiger partial charge in [0.15, 0.2) is 0 Å². The predicted molar refractivity (Wildman–Crippen MR) is 36.7 cm³/mol. The number of alkyl halides is 2. The Morgan fingerprint density at radius 3 is 2.11 bits per heavy atom. The lowest BCUT2D eigenvalue weighted by Crippen LogP contribution is -2.35. The SMILES string of the molecule is CC(C)(N)CSC(F)F. The van der Waals surface area contributed by atoms with Crippen molar-refractivity contribution in [3.05, 3.63) is 0 Å². The molecule has 9 heavy (non-hydrogen) atoms. The molecular weight excluding hydrogens is 144 g/mol. The molecule has 2 N–H and O–H groups in total. The van der Waals surface area contributed by atoms with E-state index in [9.17, 15) is 8.78 Å². The minimum atomic E-state index is -2.30. The molecule has 4 heteroatoms. The summed E-state index contributed by atoms with van der Waals surface area (Å²) in [4.78, 5) is 0. The lowest BCUT2D eigenvalue weighted by Gasteiger charge is -2.16. The number of rotatable bonds is 3. The largest absolute Gasteiger partial charge is 0.325 e. The minimum absolute atomic E-state index is 0.296. The maximum atomic E-state index is 11.5. The van der Waals surface area contributed by atoms with E-state index in [1.165, 1.54) is 0 Å². The van der Waals surface area contributed by atoms with Crippen molar-refractivity contribution in [1.82, 2.24) is 0 Å². The van der Waals surface area contributed by atoms with Crippen LogP contribution in [0.25, 0.3) is 0 Å². The highest BCUT2D eigenvalue weighted by molar-refractivity contribution is 7.99. The monoisotopic (exact) mass is 155 g/mol. The summed E-state index contributed by atoms with van der Waals surface area (Å²) >= 11 is 0.580. The van der Waals surface area contributed by atoms with Crippen LogP contribution >= 0.6 is 11.8 Å². The summed E-state index contributed by atoms with van der Waals surface area (Å²) in [6.07, 6.45) is 0. The number of halogens is 2. The molecule has 0 rings (SSSR count). The second-order valence-electron chi connectivity index (χ2n) is 2.56. The first-order valence-corrected chi connectivity index (χ1v) is 3.65. The number of hydrogen-bond acceptors (Lipinski definition) is 2. The van der Waals surface area contributed by atoms with Gasteiger partial charge in [-0.2, -0.15) is 8.78 Å². The molecule has 0 spiro atoms. The number of hydrogen-bond donors (Lipinski definition) is 1. The van der Waals surface area contributed by atoms with Gasteiger partial charge in [-0.1, -0.05) is 11.8 Å². The first-order chi connectivity index (χ1) is 3.92. The summed E-state index contributed by atoms with van der Waals surface area (Å²) in [6.45, 7) is 3.45. The normalized spacial score (nSPS) is 12.7. The zero-order valence-electron chi connectivity index (χ0n) is 5.53. The van der Waals surface area contributed by atoms with Crippen molar-refractivity contribution in [3.8, 4) is 0 Å². The Labute approximate surface area is 58.0 Å². The Bertz CT molecular complexity index is 79.5. The third-order valence-corrected chi connectivity index (χ3v) is 1.74. The molecule has 56 valence electrons. The van der Waals surface area contributed by atoms with Gasteiger partial charge in [-0.15, -0.1) is 0 Å². The van der Waals surface area contributed by atoms with E-state index in [0.29, 0.717) is 17.5 Å². The van der Waals surface area contributed by atoms with Gasteiger partial charge in [0, 0.05) is 11.3 Å². The molecule has 0 saturated carbocycles. The topological polar surface area (TPSA) is 26.0 Å². The van der Waals surface area contributed by atoms with Crippen LogP contribution in [0.2, 0.25) is 0 Å². The van der Waals surface area contributed by atoms with Crippen LogP contribution in [0.4, 0.5) is 8.78 Å². The molecule has 0 aromatic rings. The summed E-state index contributed by atoms with van der Waals surface area (Å²) in [5.74, 6) is -2.00. The molecule has 0 atom stereocenters. The average molecular weight is 155 g/mol. The summed E-state index contributed by atoms with van der Waals surface area (Å²) in [5.41, 5.74) is 4.94. The maximum Gasteiger partial charge on any atom is 0.284 e. The van der Waals surface area contributed by atoms with Gasteiger partial charge in [0.05, 0.1) is 0 Å². The average Bonchev–Trinajstić information content (AvgIpc) is 1.59. The van der Waals surface area contributed by atoms with E-state index in [1.807, 2.05) is 0 Å². The fourth-order valence-corrected chi connectivity index (χ4v) is 0.833. The fraction of sp³-hybridized carbons (Fsp3) is 1.00. The standard InChI is InChI=1S/C5H11F2NS/c1-5(2,8)3-9-4(6)7/h4H,3,8H2,1-2H3. The van der Waals surface area contributed by atoms with Crippen molar-refractivity contribution < 1.29 is 8.78 Å². The van der Waals surface area contributed by atoms with E-state index in [0.717, 1.165) is 0 Å². The van der Waals surface area contributed by atoms with Crippen LogP contribution in [-0.2, 0) is 0 Å². The highest BCUT2D eigenvalue weighted by Crippen LogP contribution is 2.17. The second-order valence-corrected chi connectivity index (χ2v) is 3.54. The van der Waals surface area contributed by atoms with Crippen LogP contribution in [0, 0.1) is 0 Å². The van der Waals surface area contributed by atoms with Gasteiger partial charge in [0.2, 0.25) is 0 Å². The lowest BCUT2D eigenvalue weighted by atomic mass is 10.1. The lowest BCUT2D eigenvalue weighted by molar-refractivity contribution is 0.251. The summed E-state index contributed by atoms with van der Waals surface area (Å²) < 4.78 is 22.9. The van der Waals surface area contributed by atoms with Crippen molar-refractivity contribution in [3.63, 3.8) is 0 Å². The van der Waals surface area contributed by atoms with Crippen molar-refractivity contribution in [2.45, 2.75) is 25.1 Å². The Morgan fingerprint density at radius 2 is 2.00 bits per heavy atom. The highest BCUT2D eigenvalue weighted by Gasteiger charge is 2.13. The van der Waals surface area contributed by atoms with Gasteiger partial charge in [-0.05, 0) is 13.8 Å². The molecule has 0 aromatic carbocycles. The third-order valence-electron chi connectivity index (χ3n) is 0.581. The molecule has 0 radical (unpaired) electrons. The van der Waals surface area contributed by atoms with Gasteiger partial charge in [-0.25, -0.2) is 0 Å². The second kappa shape index (κ2) is 3.37. The smallest absolute Gasteiger partial charge is 0.284 e. The Hall–Kier alpha value is 0.170. The van der Waals surface area contributed by atoms with E-state index in [4.69, 9.17) is 5.73 Å². The van der Waals surface area contributed by atoms with Crippen LogP contribution in [0.3, 0.4) is 0 Å². The van der Waals surface area contributed by atoms with Gasteiger partial charge >= 0.3 is 0 Å². The molecule has 0 fully saturated rings. The molecule has 0 aromatic heterocycles. The molecule has 0 unspecified atom stereocenters. The van der Waals surface area contributed by atoms with Crippen LogP contribution < -0.4 is 5.73 Å². The van der Waals surface area contributed by atoms with E-state index in [1.54, 1.807) is 13.8 Å². The Balaban J connectivity index is 3.28. The molecule has 0 heterocycles. The van der Waals surface area contributed by atoms with Crippen molar-refractivity contribution in [1.29, 1.82) is 0 Å². The van der Waals surface area contributed by atoms with Crippen LogP contribution in [0.1, 0.15) is 13.8 Å². The van der Waals surface area contributed by atoms with Crippen molar-refractivity contribution in [2.75, 3.05) is 5.75 Å². The third kappa shape index (κ3) is 8.17. The highest BCUT2D eigenvalue weighted by atomic mass is 32.2. The molecule has 0 aliphatic rings. The first-order valence-electron chi connectivity index (χ1n) is 2.60. The number of nitrogens with two attached hydrogens (primary N) is 1. The van der Waals surface area contributed by atoms with Crippen molar-refractivity contribution in [2.24, 2.45) is 5.73 Å². The first kappa shape index (κ1) is 9.17. The minimum Gasteiger partial charge on any atom is -0.325 e.